The topological polar surface area (TPSA) is 38.3 Å². The van der Waals surface area contributed by atoms with Crippen LogP contribution in [0, 0.1) is 0 Å². The Hall–Kier alpha value is -2.78. The summed E-state index contributed by atoms with van der Waals surface area (Å²) in [6.07, 6.45) is 0. The van der Waals surface area contributed by atoms with Gasteiger partial charge in [0.2, 0.25) is 0 Å². The van der Waals surface area contributed by atoms with Gasteiger partial charge in [-0.15, -0.1) is 0 Å². The van der Waals surface area contributed by atoms with Gasteiger partial charge in [-0.1, -0.05) is 54.1 Å². The lowest BCUT2D eigenvalue weighted by atomic mass is 10.0. The van der Waals surface area contributed by atoms with Crippen molar-refractivity contribution >= 4 is 17.5 Å². The van der Waals surface area contributed by atoms with E-state index in [1.165, 1.54) is 0 Å². The maximum Gasteiger partial charge on any atom is 0.251 e. The number of amides is 1. The Bertz CT molecular complexity index is 861. The molecule has 0 aliphatic rings. The molecule has 126 valence electrons. The van der Waals surface area contributed by atoms with Crippen molar-refractivity contribution in [2.24, 2.45) is 0 Å². The minimum Gasteiger partial charge on any atom is -0.496 e. The molecule has 0 aromatic heterocycles. The van der Waals surface area contributed by atoms with Gasteiger partial charge in [-0.2, -0.15) is 0 Å². The van der Waals surface area contributed by atoms with Gasteiger partial charge in [0, 0.05) is 22.7 Å². The summed E-state index contributed by atoms with van der Waals surface area (Å²) in [5.41, 5.74) is 3.52. The van der Waals surface area contributed by atoms with Gasteiger partial charge < -0.3 is 10.1 Å². The third-order valence-corrected chi connectivity index (χ3v) is 4.15. The third-order valence-electron chi connectivity index (χ3n) is 3.92. The molecule has 0 saturated heterocycles. The molecule has 3 nitrogen and oxygen atoms in total. The Balaban J connectivity index is 1.74. The minimum atomic E-state index is -0.103. The normalized spacial score (nSPS) is 10.3. The molecule has 1 amide bonds. The SMILES string of the molecule is COc1ccc(Cl)cc1-c1ccc(C(=O)NCc2ccccc2)cc1. The number of carbonyl (C=O) groups excluding carboxylic acids is 1. The molecule has 0 unspecified atom stereocenters. The van der Waals surface area contributed by atoms with Crippen LogP contribution in [0.1, 0.15) is 15.9 Å². The molecule has 0 aliphatic carbocycles. The minimum absolute atomic E-state index is 0.103. The van der Waals surface area contributed by atoms with Crippen LogP contribution in [0.2, 0.25) is 5.02 Å². The molecule has 0 atom stereocenters. The zero-order valence-electron chi connectivity index (χ0n) is 13.8. The van der Waals surface area contributed by atoms with Gasteiger partial charge in [-0.25, -0.2) is 0 Å². The summed E-state index contributed by atoms with van der Waals surface area (Å²) < 4.78 is 5.38. The summed E-state index contributed by atoms with van der Waals surface area (Å²) in [6.45, 7) is 0.504. The van der Waals surface area contributed by atoms with Gasteiger partial charge in [0.1, 0.15) is 5.75 Å². The van der Waals surface area contributed by atoms with Crippen molar-refractivity contribution in [2.75, 3.05) is 7.11 Å². The first-order chi connectivity index (χ1) is 12.2. The molecular weight excluding hydrogens is 334 g/mol. The van der Waals surface area contributed by atoms with E-state index in [-0.39, 0.29) is 5.91 Å². The van der Waals surface area contributed by atoms with Crippen molar-refractivity contribution in [3.05, 3.63) is 88.9 Å². The Morgan fingerprint density at radius 1 is 1.00 bits per heavy atom. The van der Waals surface area contributed by atoms with Gasteiger partial charge in [0.05, 0.1) is 7.11 Å². The maximum absolute atomic E-state index is 12.3. The Morgan fingerprint density at radius 3 is 2.40 bits per heavy atom. The van der Waals surface area contributed by atoms with Crippen LogP contribution in [0.4, 0.5) is 0 Å². The highest BCUT2D eigenvalue weighted by Gasteiger charge is 2.09. The van der Waals surface area contributed by atoms with E-state index in [2.05, 4.69) is 5.32 Å². The lowest BCUT2D eigenvalue weighted by Crippen LogP contribution is -2.22. The Labute approximate surface area is 152 Å². The summed E-state index contributed by atoms with van der Waals surface area (Å²) in [7, 11) is 1.62. The van der Waals surface area contributed by atoms with E-state index in [0.717, 1.165) is 22.4 Å². The lowest BCUT2D eigenvalue weighted by Gasteiger charge is -2.10. The molecule has 3 aromatic rings. The second kappa shape index (κ2) is 7.86. The van der Waals surface area contributed by atoms with Crippen molar-refractivity contribution in [3.8, 4) is 16.9 Å². The smallest absolute Gasteiger partial charge is 0.251 e. The fraction of sp³-hybridized carbons (Fsp3) is 0.0952. The van der Waals surface area contributed by atoms with Crippen molar-refractivity contribution in [2.45, 2.75) is 6.54 Å². The van der Waals surface area contributed by atoms with Crippen molar-refractivity contribution in [1.82, 2.24) is 5.32 Å². The summed E-state index contributed by atoms with van der Waals surface area (Å²) >= 11 is 6.09. The lowest BCUT2D eigenvalue weighted by molar-refractivity contribution is 0.0951. The Morgan fingerprint density at radius 2 is 1.72 bits per heavy atom. The van der Waals surface area contributed by atoms with E-state index in [1.54, 1.807) is 25.3 Å². The molecule has 25 heavy (non-hydrogen) atoms. The van der Waals surface area contributed by atoms with E-state index < -0.39 is 0 Å². The molecule has 0 fully saturated rings. The van der Waals surface area contributed by atoms with Crippen molar-refractivity contribution < 1.29 is 9.53 Å². The first-order valence-corrected chi connectivity index (χ1v) is 8.31. The number of hydrogen-bond acceptors (Lipinski definition) is 2. The van der Waals surface area contributed by atoms with E-state index in [0.29, 0.717) is 17.1 Å². The van der Waals surface area contributed by atoms with Crippen molar-refractivity contribution in [3.63, 3.8) is 0 Å². The van der Waals surface area contributed by atoms with Gasteiger partial charge >= 0.3 is 0 Å². The molecule has 3 aromatic carbocycles. The van der Waals surface area contributed by atoms with E-state index in [1.807, 2.05) is 54.6 Å². The van der Waals surface area contributed by atoms with Gasteiger partial charge in [-0.05, 0) is 41.5 Å². The van der Waals surface area contributed by atoms with Crippen LogP contribution in [0.15, 0.2) is 72.8 Å². The quantitative estimate of drug-likeness (QED) is 0.706. The largest absolute Gasteiger partial charge is 0.496 e. The van der Waals surface area contributed by atoms with Crippen LogP contribution in [-0.4, -0.2) is 13.0 Å². The molecule has 0 radical (unpaired) electrons. The monoisotopic (exact) mass is 351 g/mol. The first kappa shape index (κ1) is 17.1. The Kier molecular flexibility index (Phi) is 5.36. The second-order valence-electron chi connectivity index (χ2n) is 5.59. The van der Waals surface area contributed by atoms with Crippen LogP contribution in [0.3, 0.4) is 0 Å². The predicted molar refractivity (Wildman–Crippen MR) is 101 cm³/mol. The zero-order valence-corrected chi connectivity index (χ0v) is 14.6. The molecule has 1 N–H and O–H groups in total. The standard InChI is InChI=1S/C21H18ClNO2/c1-25-20-12-11-18(22)13-19(20)16-7-9-17(10-8-16)21(24)23-14-15-5-3-2-4-6-15/h2-13H,14H2,1H3,(H,23,24). The number of carbonyl (C=O) groups is 1. The molecule has 0 heterocycles. The van der Waals surface area contributed by atoms with Crippen molar-refractivity contribution in [1.29, 1.82) is 0 Å². The average molecular weight is 352 g/mol. The maximum atomic E-state index is 12.3. The zero-order chi connectivity index (χ0) is 17.6. The number of rotatable bonds is 5. The third kappa shape index (κ3) is 4.20. The number of hydrogen-bond donors (Lipinski definition) is 1. The number of benzene rings is 3. The molecule has 0 saturated carbocycles. The van der Waals surface area contributed by atoms with Crippen LogP contribution in [0.25, 0.3) is 11.1 Å². The fourth-order valence-corrected chi connectivity index (χ4v) is 2.76. The van der Waals surface area contributed by atoms with Crippen LogP contribution in [-0.2, 0) is 6.54 Å². The van der Waals surface area contributed by atoms with E-state index >= 15 is 0 Å². The van der Waals surface area contributed by atoms with Gasteiger partial charge in [0.15, 0.2) is 0 Å². The molecule has 0 spiro atoms. The summed E-state index contributed by atoms with van der Waals surface area (Å²) in [5.74, 6) is 0.638. The highest BCUT2D eigenvalue weighted by atomic mass is 35.5. The number of nitrogens with one attached hydrogen (secondary N) is 1. The predicted octanol–water partition coefficient (Wildman–Crippen LogP) is 4.95. The van der Waals surface area contributed by atoms with Crippen LogP contribution >= 0.6 is 11.6 Å². The first-order valence-electron chi connectivity index (χ1n) is 7.93. The summed E-state index contributed by atoms with van der Waals surface area (Å²) in [4.78, 5) is 12.3. The molecule has 0 bridgehead atoms. The molecule has 4 heteroatoms. The van der Waals surface area contributed by atoms with E-state index in [9.17, 15) is 4.79 Å². The number of methoxy groups -OCH3 is 1. The number of ether oxygens (including phenoxy) is 1. The molecule has 3 rings (SSSR count). The van der Waals surface area contributed by atoms with E-state index in [4.69, 9.17) is 16.3 Å². The second-order valence-corrected chi connectivity index (χ2v) is 6.03. The summed E-state index contributed by atoms with van der Waals surface area (Å²) in [5, 5.41) is 3.56. The highest BCUT2D eigenvalue weighted by molar-refractivity contribution is 6.31. The molecule has 0 aliphatic heterocycles. The van der Waals surface area contributed by atoms with Gasteiger partial charge in [0.25, 0.3) is 5.91 Å². The van der Waals surface area contributed by atoms with Crippen LogP contribution in [0.5, 0.6) is 5.75 Å². The highest BCUT2D eigenvalue weighted by Crippen LogP contribution is 2.32. The van der Waals surface area contributed by atoms with Crippen LogP contribution < -0.4 is 10.1 Å². The van der Waals surface area contributed by atoms with Gasteiger partial charge in [-0.3, -0.25) is 4.79 Å². The molecular formula is C21H18ClNO2. The number of halogens is 1. The average Bonchev–Trinajstić information content (AvgIpc) is 2.67. The summed E-state index contributed by atoms with van der Waals surface area (Å²) in [6, 6.07) is 22.7. The fourth-order valence-electron chi connectivity index (χ4n) is 2.59.